The molecule has 0 spiro atoms. The predicted octanol–water partition coefficient (Wildman–Crippen LogP) is 2.84. The maximum absolute atomic E-state index is 13.8. The summed E-state index contributed by atoms with van der Waals surface area (Å²) < 4.78 is 23.4. The lowest BCUT2D eigenvalue weighted by atomic mass is 10.3. The van der Waals surface area contributed by atoms with Crippen LogP contribution in [0.1, 0.15) is 13.8 Å². The van der Waals surface area contributed by atoms with E-state index in [0.717, 1.165) is 0 Å². The Morgan fingerprint density at radius 1 is 1.53 bits per heavy atom. The lowest BCUT2D eigenvalue weighted by Gasteiger charge is -2.08. The molecule has 0 heterocycles. The Kier molecular flexibility index (Phi) is 5.57. The number of hydrazone groups is 1. The average Bonchev–Trinajstić information content (AvgIpc) is 2.40. The van der Waals surface area contributed by atoms with Gasteiger partial charge in [-0.05, 0) is 26.0 Å². The number of carbonyl (C=O) groups excluding carboxylic acids is 1. The molecule has 5 nitrogen and oxygen atoms in total. The summed E-state index contributed by atoms with van der Waals surface area (Å²) >= 11 is 5.75. The first-order valence-electron chi connectivity index (χ1n) is 5.50. The highest BCUT2D eigenvalue weighted by molar-refractivity contribution is 6.35. The molecule has 1 aromatic rings. The molecule has 104 valence electrons. The van der Waals surface area contributed by atoms with E-state index in [1.54, 1.807) is 6.92 Å². The van der Waals surface area contributed by atoms with Crippen molar-refractivity contribution in [1.29, 1.82) is 0 Å². The van der Waals surface area contributed by atoms with E-state index >= 15 is 0 Å². The Labute approximate surface area is 115 Å². The van der Waals surface area contributed by atoms with Gasteiger partial charge in [-0.3, -0.25) is 5.43 Å². The highest BCUT2D eigenvalue weighted by atomic mass is 35.5. The minimum atomic E-state index is -0.707. The van der Waals surface area contributed by atoms with Crippen LogP contribution in [0.2, 0.25) is 5.02 Å². The van der Waals surface area contributed by atoms with Crippen LogP contribution in [0.4, 0.5) is 10.1 Å². The lowest BCUT2D eigenvalue weighted by Crippen LogP contribution is -2.15. The zero-order chi connectivity index (χ0) is 14.4. The molecule has 0 fully saturated rings. The van der Waals surface area contributed by atoms with Crippen LogP contribution in [0.15, 0.2) is 17.2 Å². The number of rotatable bonds is 5. The lowest BCUT2D eigenvalue weighted by molar-refractivity contribution is -0.135. The van der Waals surface area contributed by atoms with Crippen LogP contribution in [0, 0.1) is 5.82 Å². The van der Waals surface area contributed by atoms with Gasteiger partial charge in [-0.25, -0.2) is 9.18 Å². The zero-order valence-electron chi connectivity index (χ0n) is 10.8. The van der Waals surface area contributed by atoms with Crippen LogP contribution >= 0.6 is 11.6 Å². The van der Waals surface area contributed by atoms with Crippen LogP contribution < -0.4 is 10.2 Å². The van der Waals surface area contributed by atoms with E-state index in [1.807, 2.05) is 0 Å². The van der Waals surface area contributed by atoms with Gasteiger partial charge in [0.2, 0.25) is 0 Å². The van der Waals surface area contributed by atoms with Crippen LogP contribution in [-0.4, -0.2) is 25.4 Å². The van der Waals surface area contributed by atoms with Crippen LogP contribution in [-0.2, 0) is 9.53 Å². The predicted molar refractivity (Wildman–Crippen MR) is 71.3 cm³/mol. The first kappa shape index (κ1) is 15.2. The molecule has 0 atom stereocenters. The van der Waals surface area contributed by atoms with Crippen LogP contribution in [0.25, 0.3) is 0 Å². The van der Waals surface area contributed by atoms with E-state index < -0.39 is 11.8 Å². The second-order valence-electron chi connectivity index (χ2n) is 3.47. The molecule has 1 N–H and O–H groups in total. The summed E-state index contributed by atoms with van der Waals surface area (Å²) in [6, 6.07) is 2.89. The third kappa shape index (κ3) is 3.82. The van der Waals surface area contributed by atoms with Crippen LogP contribution in [0.3, 0.4) is 0 Å². The Balaban J connectivity index is 2.87. The molecule has 1 aromatic carbocycles. The summed E-state index contributed by atoms with van der Waals surface area (Å²) in [4.78, 5) is 11.3. The van der Waals surface area contributed by atoms with Crippen molar-refractivity contribution in [3.05, 3.63) is 23.0 Å². The highest BCUT2D eigenvalue weighted by Gasteiger charge is 2.12. The number of ether oxygens (including phenoxy) is 2. The van der Waals surface area contributed by atoms with E-state index in [0.29, 0.717) is 0 Å². The minimum Gasteiger partial charge on any atom is -0.495 e. The average molecular weight is 289 g/mol. The fraction of sp³-hybridized carbons (Fsp3) is 0.333. The zero-order valence-corrected chi connectivity index (χ0v) is 11.5. The first-order chi connectivity index (χ1) is 9.01. The molecule has 0 aliphatic rings. The number of benzene rings is 1. The fourth-order valence-electron chi connectivity index (χ4n) is 1.20. The molecule has 0 bridgehead atoms. The minimum absolute atomic E-state index is 0.0365. The highest BCUT2D eigenvalue weighted by Crippen LogP contribution is 2.31. The van der Waals surface area contributed by atoms with Crippen molar-refractivity contribution in [2.75, 3.05) is 19.1 Å². The van der Waals surface area contributed by atoms with Gasteiger partial charge in [0.25, 0.3) is 0 Å². The van der Waals surface area contributed by atoms with Crippen LogP contribution in [0.5, 0.6) is 5.75 Å². The largest absolute Gasteiger partial charge is 0.495 e. The summed E-state index contributed by atoms with van der Waals surface area (Å²) in [5.41, 5.74) is 2.53. The number of nitrogens with zero attached hydrogens (tertiary/aromatic N) is 1. The maximum Gasteiger partial charge on any atom is 0.354 e. The molecule has 0 unspecified atom stereocenters. The quantitative estimate of drug-likeness (QED) is 0.514. The van der Waals surface area contributed by atoms with Gasteiger partial charge >= 0.3 is 5.97 Å². The Morgan fingerprint density at radius 3 is 2.79 bits per heavy atom. The number of esters is 1. The number of methoxy groups -OCH3 is 1. The van der Waals surface area contributed by atoms with Crippen molar-refractivity contribution < 1.29 is 18.7 Å². The number of anilines is 1. The smallest absolute Gasteiger partial charge is 0.354 e. The number of nitrogens with one attached hydrogen (secondary N) is 1. The molecule has 0 saturated heterocycles. The van der Waals surface area contributed by atoms with Gasteiger partial charge in [0.05, 0.1) is 19.4 Å². The normalized spacial score (nSPS) is 11.1. The van der Waals surface area contributed by atoms with Gasteiger partial charge in [-0.1, -0.05) is 11.6 Å². The molecule has 0 radical (unpaired) electrons. The number of carbonyl (C=O) groups is 1. The van der Waals surface area contributed by atoms with Gasteiger partial charge in [0, 0.05) is 0 Å². The molecule has 0 aliphatic heterocycles. The standard InChI is InChI=1S/C12H14ClFN2O3/c1-4-19-12(17)7(2)15-16-8-5-6-9(18-3)10(13)11(8)14/h5-6,16H,4H2,1-3H3/b15-7-. The third-order valence-corrected chi connectivity index (χ3v) is 2.53. The molecule has 0 saturated carbocycles. The summed E-state index contributed by atoms with van der Waals surface area (Å²) in [5.74, 6) is -1.06. The molecule has 0 amide bonds. The number of hydrogen-bond acceptors (Lipinski definition) is 5. The molecule has 1 rings (SSSR count). The summed E-state index contributed by atoms with van der Waals surface area (Å²) in [5, 5.41) is 3.57. The number of hydrogen-bond donors (Lipinski definition) is 1. The third-order valence-electron chi connectivity index (χ3n) is 2.18. The SMILES string of the molecule is CCOC(=O)/C(C)=N\Nc1ccc(OC)c(Cl)c1F. The van der Waals surface area contributed by atoms with Crippen molar-refractivity contribution in [2.45, 2.75) is 13.8 Å². The molecule has 7 heteroatoms. The van der Waals surface area contributed by atoms with E-state index in [4.69, 9.17) is 21.1 Å². The summed E-state index contributed by atoms with van der Waals surface area (Å²) in [7, 11) is 1.39. The molecular formula is C12H14ClFN2O3. The molecule has 19 heavy (non-hydrogen) atoms. The van der Waals surface area contributed by atoms with Gasteiger partial charge < -0.3 is 9.47 Å². The number of halogens is 2. The van der Waals surface area contributed by atoms with Gasteiger partial charge in [0.15, 0.2) is 5.82 Å². The second-order valence-corrected chi connectivity index (χ2v) is 3.85. The molecule has 0 aromatic heterocycles. The van der Waals surface area contributed by atoms with E-state index in [1.165, 1.54) is 26.2 Å². The topological polar surface area (TPSA) is 59.9 Å². The van der Waals surface area contributed by atoms with E-state index in [-0.39, 0.29) is 28.8 Å². The summed E-state index contributed by atoms with van der Waals surface area (Å²) in [6.45, 7) is 3.38. The van der Waals surface area contributed by atoms with Crippen molar-refractivity contribution in [3.8, 4) is 5.75 Å². The van der Waals surface area contributed by atoms with Crippen molar-refractivity contribution >= 4 is 29.0 Å². The monoisotopic (exact) mass is 288 g/mol. The Bertz CT molecular complexity index is 506. The Morgan fingerprint density at radius 2 is 2.21 bits per heavy atom. The first-order valence-corrected chi connectivity index (χ1v) is 5.88. The van der Waals surface area contributed by atoms with Gasteiger partial charge in [-0.2, -0.15) is 5.10 Å². The summed E-state index contributed by atoms with van der Waals surface area (Å²) in [6.07, 6.45) is 0. The van der Waals surface area contributed by atoms with E-state index in [2.05, 4.69) is 10.5 Å². The van der Waals surface area contributed by atoms with Crippen molar-refractivity contribution in [2.24, 2.45) is 5.10 Å². The fourth-order valence-corrected chi connectivity index (χ4v) is 1.44. The Hall–Kier alpha value is -1.82. The molecule has 0 aliphatic carbocycles. The molecular weight excluding hydrogens is 275 g/mol. The van der Waals surface area contributed by atoms with Gasteiger partial charge in [-0.15, -0.1) is 0 Å². The maximum atomic E-state index is 13.8. The second kappa shape index (κ2) is 6.94. The van der Waals surface area contributed by atoms with Crippen molar-refractivity contribution in [1.82, 2.24) is 0 Å². The van der Waals surface area contributed by atoms with E-state index in [9.17, 15) is 9.18 Å². The van der Waals surface area contributed by atoms with Gasteiger partial charge in [0.1, 0.15) is 16.5 Å². The van der Waals surface area contributed by atoms with Crippen molar-refractivity contribution in [3.63, 3.8) is 0 Å².